The fourth-order valence-corrected chi connectivity index (χ4v) is 4.05. The molecule has 0 fully saturated rings. The number of halogens is 1. The predicted molar refractivity (Wildman–Crippen MR) is 116 cm³/mol. The molecule has 0 spiro atoms. The highest BCUT2D eigenvalue weighted by Gasteiger charge is 2.29. The SMILES string of the molecule is COc1cc(C[C@@H](NC(=O)OCC2c3ccccc3-c3ccccc32)C(=O)O)ccc1F. The second-order valence-electron chi connectivity index (χ2n) is 7.53. The second kappa shape index (κ2) is 9.09. The summed E-state index contributed by atoms with van der Waals surface area (Å²) in [5, 5.41) is 11.9. The Morgan fingerprint density at radius 3 is 2.25 bits per heavy atom. The van der Waals surface area contributed by atoms with Gasteiger partial charge in [0.05, 0.1) is 7.11 Å². The lowest BCUT2D eigenvalue weighted by atomic mass is 9.98. The van der Waals surface area contributed by atoms with Crippen molar-refractivity contribution in [2.75, 3.05) is 13.7 Å². The summed E-state index contributed by atoms with van der Waals surface area (Å²) in [6.07, 6.45) is -0.871. The summed E-state index contributed by atoms with van der Waals surface area (Å²) in [4.78, 5) is 24.1. The van der Waals surface area contributed by atoms with E-state index >= 15 is 0 Å². The van der Waals surface area contributed by atoms with Crippen LogP contribution in [-0.4, -0.2) is 36.9 Å². The van der Waals surface area contributed by atoms with Crippen molar-refractivity contribution < 1.29 is 28.6 Å². The van der Waals surface area contributed by atoms with Gasteiger partial charge in [0.25, 0.3) is 0 Å². The third-order valence-electron chi connectivity index (χ3n) is 5.59. The monoisotopic (exact) mass is 435 g/mol. The summed E-state index contributed by atoms with van der Waals surface area (Å²) in [5.74, 6) is -1.89. The molecule has 2 N–H and O–H groups in total. The lowest BCUT2D eigenvalue weighted by molar-refractivity contribution is -0.139. The zero-order valence-corrected chi connectivity index (χ0v) is 17.4. The van der Waals surface area contributed by atoms with Gasteiger partial charge < -0.3 is 19.9 Å². The number of hydrogen-bond donors (Lipinski definition) is 2. The van der Waals surface area contributed by atoms with E-state index in [1.165, 1.54) is 25.3 Å². The molecule has 1 aliphatic carbocycles. The molecule has 7 heteroatoms. The average Bonchev–Trinajstić information content (AvgIpc) is 3.12. The van der Waals surface area contributed by atoms with Crippen LogP contribution in [0.3, 0.4) is 0 Å². The predicted octanol–water partition coefficient (Wildman–Crippen LogP) is 4.37. The van der Waals surface area contributed by atoms with Crippen molar-refractivity contribution in [2.24, 2.45) is 0 Å². The molecule has 4 rings (SSSR count). The van der Waals surface area contributed by atoms with E-state index in [-0.39, 0.29) is 24.7 Å². The molecule has 3 aromatic rings. The Hall–Kier alpha value is -3.87. The minimum absolute atomic E-state index is 0.00720. The molecule has 0 heterocycles. The van der Waals surface area contributed by atoms with Crippen LogP contribution in [0, 0.1) is 5.82 Å². The number of ether oxygens (including phenoxy) is 2. The Labute approximate surface area is 184 Å². The van der Waals surface area contributed by atoms with Crippen LogP contribution in [0.25, 0.3) is 11.1 Å². The third-order valence-corrected chi connectivity index (χ3v) is 5.59. The van der Waals surface area contributed by atoms with Crippen molar-refractivity contribution >= 4 is 12.1 Å². The van der Waals surface area contributed by atoms with E-state index in [9.17, 15) is 19.1 Å². The molecule has 0 aliphatic heterocycles. The first-order valence-electron chi connectivity index (χ1n) is 10.1. The van der Waals surface area contributed by atoms with Crippen LogP contribution >= 0.6 is 0 Å². The molecular formula is C25H22FNO5. The Kier molecular flexibility index (Phi) is 6.07. The van der Waals surface area contributed by atoms with Gasteiger partial charge in [-0.25, -0.2) is 14.0 Å². The lowest BCUT2D eigenvalue weighted by Gasteiger charge is -2.18. The van der Waals surface area contributed by atoms with Crippen LogP contribution in [0.1, 0.15) is 22.6 Å². The number of fused-ring (bicyclic) bond motifs is 3. The number of amides is 1. The first-order chi connectivity index (χ1) is 15.5. The molecule has 0 bridgehead atoms. The van der Waals surface area contributed by atoms with Crippen molar-refractivity contribution in [3.63, 3.8) is 0 Å². The largest absolute Gasteiger partial charge is 0.494 e. The molecule has 1 amide bonds. The highest BCUT2D eigenvalue weighted by Crippen LogP contribution is 2.44. The fourth-order valence-electron chi connectivity index (χ4n) is 4.05. The summed E-state index contributed by atoms with van der Waals surface area (Å²) >= 11 is 0. The van der Waals surface area contributed by atoms with Gasteiger partial charge in [0.2, 0.25) is 0 Å². The zero-order valence-electron chi connectivity index (χ0n) is 17.4. The molecule has 0 aromatic heterocycles. The fraction of sp³-hybridized carbons (Fsp3) is 0.200. The number of carbonyl (C=O) groups is 2. The molecule has 0 radical (unpaired) electrons. The standard InChI is InChI=1S/C25H22FNO5/c1-31-23-13-15(10-11-21(23)26)12-22(24(28)29)27-25(30)32-14-20-18-8-4-2-6-16(18)17-7-3-5-9-19(17)20/h2-11,13,20,22H,12,14H2,1H3,(H,27,30)(H,28,29)/t22-/m1/s1. The number of carboxylic acid groups (broad SMARTS) is 1. The average molecular weight is 435 g/mol. The molecule has 32 heavy (non-hydrogen) atoms. The van der Waals surface area contributed by atoms with Gasteiger partial charge in [0.15, 0.2) is 11.6 Å². The van der Waals surface area contributed by atoms with Crippen molar-refractivity contribution in [3.05, 3.63) is 89.2 Å². The van der Waals surface area contributed by atoms with Crippen LogP contribution < -0.4 is 10.1 Å². The molecule has 1 atom stereocenters. The third kappa shape index (κ3) is 4.27. The Bertz CT molecular complexity index is 1120. The maximum atomic E-state index is 13.6. The van der Waals surface area contributed by atoms with Crippen molar-refractivity contribution in [2.45, 2.75) is 18.4 Å². The van der Waals surface area contributed by atoms with Gasteiger partial charge in [0, 0.05) is 12.3 Å². The summed E-state index contributed by atoms with van der Waals surface area (Å²) in [6, 6.07) is 18.7. The van der Waals surface area contributed by atoms with E-state index in [2.05, 4.69) is 5.32 Å². The molecule has 6 nitrogen and oxygen atoms in total. The second-order valence-corrected chi connectivity index (χ2v) is 7.53. The lowest BCUT2D eigenvalue weighted by Crippen LogP contribution is -2.42. The molecule has 3 aromatic carbocycles. The number of nitrogens with one attached hydrogen (secondary N) is 1. The highest BCUT2D eigenvalue weighted by atomic mass is 19.1. The van der Waals surface area contributed by atoms with Gasteiger partial charge in [0.1, 0.15) is 12.6 Å². The maximum Gasteiger partial charge on any atom is 0.407 e. The molecule has 1 aliphatic rings. The number of carbonyl (C=O) groups excluding carboxylic acids is 1. The summed E-state index contributed by atoms with van der Waals surface area (Å²) in [5.41, 5.74) is 4.84. The molecule has 0 saturated carbocycles. The van der Waals surface area contributed by atoms with Gasteiger partial charge in [-0.15, -0.1) is 0 Å². The van der Waals surface area contributed by atoms with Crippen molar-refractivity contribution in [3.8, 4) is 16.9 Å². The molecule has 0 unspecified atom stereocenters. The van der Waals surface area contributed by atoms with E-state index in [0.29, 0.717) is 5.56 Å². The number of methoxy groups -OCH3 is 1. The minimum Gasteiger partial charge on any atom is -0.494 e. The number of aliphatic carboxylic acids is 1. The van der Waals surface area contributed by atoms with Crippen LogP contribution in [0.15, 0.2) is 66.7 Å². The van der Waals surface area contributed by atoms with Gasteiger partial charge in [-0.05, 0) is 39.9 Å². The van der Waals surface area contributed by atoms with Crippen LogP contribution in [0.4, 0.5) is 9.18 Å². The quantitative estimate of drug-likeness (QED) is 0.576. The molecule has 164 valence electrons. The first-order valence-corrected chi connectivity index (χ1v) is 10.1. The van der Waals surface area contributed by atoms with Crippen LogP contribution in [0.5, 0.6) is 5.75 Å². The van der Waals surface area contributed by atoms with Gasteiger partial charge in [-0.3, -0.25) is 0 Å². The summed E-state index contributed by atoms with van der Waals surface area (Å²) in [7, 11) is 1.33. The maximum absolute atomic E-state index is 13.6. The van der Waals surface area contributed by atoms with E-state index in [1.54, 1.807) is 0 Å². The Balaban J connectivity index is 1.43. The normalized spacial score (nSPS) is 13.1. The van der Waals surface area contributed by atoms with E-state index in [1.807, 2.05) is 48.5 Å². The van der Waals surface area contributed by atoms with E-state index in [0.717, 1.165) is 22.3 Å². The number of alkyl carbamates (subject to hydrolysis) is 1. The highest BCUT2D eigenvalue weighted by molar-refractivity contribution is 5.81. The molecule has 0 saturated heterocycles. The minimum atomic E-state index is -1.24. The summed E-state index contributed by atoms with van der Waals surface area (Å²) < 4.78 is 24.0. The number of rotatable bonds is 7. The smallest absolute Gasteiger partial charge is 0.407 e. The van der Waals surface area contributed by atoms with Crippen LogP contribution in [0.2, 0.25) is 0 Å². The van der Waals surface area contributed by atoms with Crippen molar-refractivity contribution in [1.29, 1.82) is 0 Å². The van der Waals surface area contributed by atoms with Gasteiger partial charge in [-0.2, -0.15) is 0 Å². The first kappa shape index (κ1) is 21.4. The number of carboxylic acids is 1. The van der Waals surface area contributed by atoms with Crippen molar-refractivity contribution in [1.82, 2.24) is 5.32 Å². The zero-order chi connectivity index (χ0) is 22.7. The Morgan fingerprint density at radius 1 is 1.03 bits per heavy atom. The summed E-state index contributed by atoms with van der Waals surface area (Å²) in [6.45, 7) is 0.0799. The Morgan fingerprint density at radius 2 is 1.66 bits per heavy atom. The number of benzene rings is 3. The van der Waals surface area contributed by atoms with Crippen LogP contribution in [-0.2, 0) is 16.0 Å². The molecular weight excluding hydrogens is 413 g/mol. The van der Waals surface area contributed by atoms with Gasteiger partial charge >= 0.3 is 12.1 Å². The van der Waals surface area contributed by atoms with E-state index in [4.69, 9.17) is 9.47 Å². The topological polar surface area (TPSA) is 84.9 Å². The van der Waals surface area contributed by atoms with E-state index < -0.39 is 23.9 Å². The number of hydrogen-bond acceptors (Lipinski definition) is 4. The van der Waals surface area contributed by atoms with Gasteiger partial charge in [-0.1, -0.05) is 54.6 Å².